The Morgan fingerprint density at radius 3 is 1.73 bits per heavy atom. The van der Waals surface area contributed by atoms with Crippen LogP contribution in [0.15, 0.2) is 206 Å². The van der Waals surface area contributed by atoms with Crippen LogP contribution in [0, 0.1) is 0 Å². The third kappa shape index (κ3) is 5.12. The fourth-order valence-corrected chi connectivity index (χ4v) is 7.84. The van der Waals surface area contributed by atoms with Gasteiger partial charge in [0.1, 0.15) is 0 Å². The van der Waals surface area contributed by atoms with E-state index in [-0.39, 0.29) is 0 Å². The van der Waals surface area contributed by atoms with E-state index in [1.54, 1.807) is 0 Å². The number of benzene rings is 9. The second-order valence-corrected chi connectivity index (χ2v) is 13.4. The van der Waals surface area contributed by atoms with Crippen molar-refractivity contribution in [3.63, 3.8) is 0 Å². The molecule has 244 valence electrons. The summed E-state index contributed by atoms with van der Waals surface area (Å²) in [5, 5.41) is 7.54. The van der Waals surface area contributed by atoms with Crippen LogP contribution >= 0.6 is 0 Å². The summed E-state index contributed by atoms with van der Waals surface area (Å²) in [5.74, 6) is 0. The minimum Gasteiger partial charge on any atom is -0.310 e. The first-order chi connectivity index (χ1) is 25.8. The van der Waals surface area contributed by atoms with Gasteiger partial charge in [-0.05, 0) is 104 Å². The van der Waals surface area contributed by atoms with Crippen molar-refractivity contribution in [3.05, 3.63) is 206 Å². The molecule has 0 saturated carbocycles. The molecule has 9 aromatic carbocycles. The van der Waals surface area contributed by atoms with Crippen molar-refractivity contribution in [2.75, 3.05) is 4.90 Å². The first-order valence-corrected chi connectivity index (χ1v) is 17.8. The van der Waals surface area contributed by atoms with Crippen LogP contribution < -0.4 is 4.90 Å². The van der Waals surface area contributed by atoms with Crippen molar-refractivity contribution in [1.82, 2.24) is 4.57 Å². The molecule has 0 aliphatic carbocycles. The first kappa shape index (κ1) is 30.0. The molecule has 0 saturated heterocycles. The molecule has 10 rings (SSSR count). The Balaban J connectivity index is 1.18. The highest BCUT2D eigenvalue weighted by Gasteiger charge is 2.19. The highest BCUT2D eigenvalue weighted by Crippen LogP contribution is 2.42. The molecule has 0 spiro atoms. The molecule has 1 aromatic heterocycles. The molecule has 2 heteroatoms. The van der Waals surface area contributed by atoms with Crippen molar-refractivity contribution >= 4 is 60.4 Å². The van der Waals surface area contributed by atoms with Gasteiger partial charge in [-0.3, -0.25) is 0 Å². The SMILES string of the molecule is c1ccc(-c2cccc(N(c3ccc(-c4ccc5ccccc5c4)cc3)c3ccc4c5c6ccccc6ccc5n(-c5ccccc5)c4c3)c2)cc1. The second-order valence-electron chi connectivity index (χ2n) is 13.4. The van der Waals surface area contributed by atoms with Gasteiger partial charge in [-0.1, -0.05) is 146 Å². The van der Waals surface area contributed by atoms with Gasteiger partial charge >= 0.3 is 0 Å². The Morgan fingerprint density at radius 1 is 0.308 bits per heavy atom. The molecule has 0 N–H and O–H groups in total. The summed E-state index contributed by atoms with van der Waals surface area (Å²) in [6.45, 7) is 0. The topological polar surface area (TPSA) is 8.17 Å². The second kappa shape index (κ2) is 12.5. The lowest BCUT2D eigenvalue weighted by molar-refractivity contribution is 1.18. The molecule has 0 aliphatic rings. The lowest BCUT2D eigenvalue weighted by Crippen LogP contribution is -2.10. The first-order valence-electron chi connectivity index (χ1n) is 17.8. The number of hydrogen-bond donors (Lipinski definition) is 0. The summed E-state index contributed by atoms with van der Waals surface area (Å²) >= 11 is 0. The van der Waals surface area contributed by atoms with Crippen LogP contribution in [0.5, 0.6) is 0 Å². The summed E-state index contributed by atoms with van der Waals surface area (Å²) in [6.07, 6.45) is 0. The Morgan fingerprint density at radius 2 is 0.904 bits per heavy atom. The minimum atomic E-state index is 1.10. The number of para-hydroxylation sites is 1. The average Bonchev–Trinajstić information content (AvgIpc) is 3.56. The number of anilines is 3. The number of rotatable bonds is 6. The van der Waals surface area contributed by atoms with Crippen molar-refractivity contribution in [3.8, 4) is 27.9 Å². The van der Waals surface area contributed by atoms with Crippen LogP contribution in [-0.4, -0.2) is 4.57 Å². The molecule has 0 radical (unpaired) electrons. The van der Waals surface area contributed by atoms with E-state index in [1.165, 1.54) is 65.6 Å². The van der Waals surface area contributed by atoms with E-state index in [9.17, 15) is 0 Å². The molecule has 0 aliphatic heterocycles. The van der Waals surface area contributed by atoms with E-state index in [4.69, 9.17) is 0 Å². The maximum Gasteiger partial charge on any atom is 0.0562 e. The van der Waals surface area contributed by atoms with E-state index >= 15 is 0 Å². The van der Waals surface area contributed by atoms with E-state index in [0.29, 0.717) is 0 Å². The molecule has 0 fully saturated rings. The van der Waals surface area contributed by atoms with Crippen LogP contribution in [-0.2, 0) is 0 Å². The molecular formula is C50H34N2. The van der Waals surface area contributed by atoms with Gasteiger partial charge in [-0.15, -0.1) is 0 Å². The van der Waals surface area contributed by atoms with E-state index in [0.717, 1.165) is 22.7 Å². The monoisotopic (exact) mass is 662 g/mol. The summed E-state index contributed by atoms with van der Waals surface area (Å²) in [6, 6.07) is 74.7. The van der Waals surface area contributed by atoms with Gasteiger partial charge in [0.15, 0.2) is 0 Å². The van der Waals surface area contributed by atoms with Crippen LogP contribution in [0.4, 0.5) is 17.1 Å². The number of aromatic nitrogens is 1. The summed E-state index contributed by atoms with van der Waals surface area (Å²) in [4.78, 5) is 2.39. The van der Waals surface area contributed by atoms with Crippen molar-refractivity contribution in [2.45, 2.75) is 0 Å². The maximum absolute atomic E-state index is 2.42. The van der Waals surface area contributed by atoms with E-state index in [2.05, 4.69) is 216 Å². The molecule has 0 bridgehead atoms. The summed E-state index contributed by atoms with van der Waals surface area (Å²) in [5.41, 5.74) is 11.6. The number of hydrogen-bond acceptors (Lipinski definition) is 1. The summed E-state index contributed by atoms with van der Waals surface area (Å²) in [7, 11) is 0. The number of nitrogens with zero attached hydrogens (tertiary/aromatic N) is 2. The van der Waals surface area contributed by atoms with Crippen LogP contribution in [0.3, 0.4) is 0 Å². The third-order valence-corrected chi connectivity index (χ3v) is 10.3. The van der Waals surface area contributed by atoms with Gasteiger partial charge in [0, 0.05) is 33.5 Å². The standard InChI is InChI=1S/C50H34N2/c1-3-12-35(13-4-1)40-17-11-20-44(33-40)51(43-27-24-37(25-28-43)41-23-22-36-14-7-8-16-39(36)32-41)45-29-30-47-49(34-45)52(42-18-5-2-6-19-42)48-31-26-38-15-9-10-21-46(38)50(47)48/h1-34H. The largest absolute Gasteiger partial charge is 0.310 e. The maximum atomic E-state index is 2.42. The molecule has 52 heavy (non-hydrogen) atoms. The predicted octanol–water partition coefficient (Wildman–Crippen LogP) is 13.9. The molecule has 1 heterocycles. The molecule has 2 nitrogen and oxygen atoms in total. The Hall–Kier alpha value is -6.90. The van der Waals surface area contributed by atoms with Crippen LogP contribution in [0.2, 0.25) is 0 Å². The average molecular weight is 663 g/mol. The predicted molar refractivity (Wildman–Crippen MR) is 221 cm³/mol. The lowest BCUT2D eigenvalue weighted by atomic mass is 10.0. The lowest BCUT2D eigenvalue weighted by Gasteiger charge is -2.26. The highest BCUT2D eigenvalue weighted by molar-refractivity contribution is 6.21. The zero-order valence-corrected chi connectivity index (χ0v) is 28.5. The summed E-state index contributed by atoms with van der Waals surface area (Å²) < 4.78 is 2.42. The normalized spacial score (nSPS) is 11.5. The van der Waals surface area contributed by atoms with E-state index < -0.39 is 0 Å². The fourth-order valence-electron chi connectivity index (χ4n) is 7.84. The zero-order chi connectivity index (χ0) is 34.4. The van der Waals surface area contributed by atoms with Crippen molar-refractivity contribution in [2.24, 2.45) is 0 Å². The van der Waals surface area contributed by atoms with Gasteiger partial charge in [-0.25, -0.2) is 0 Å². The van der Waals surface area contributed by atoms with Crippen LogP contribution in [0.1, 0.15) is 0 Å². The van der Waals surface area contributed by atoms with Crippen molar-refractivity contribution < 1.29 is 0 Å². The van der Waals surface area contributed by atoms with Gasteiger partial charge in [0.25, 0.3) is 0 Å². The quantitative estimate of drug-likeness (QED) is 0.172. The smallest absolute Gasteiger partial charge is 0.0562 e. The Bertz CT molecular complexity index is 2890. The Kier molecular flexibility index (Phi) is 7.18. The van der Waals surface area contributed by atoms with Crippen molar-refractivity contribution in [1.29, 1.82) is 0 Å². The highest BCUT2D eigenvalue weighted by atomic mass is 15.1. The molecule has 0 amide bonds. The van der Waals surface area contributed by atoms with E-state index in [1.807, 2.05) is 0 Å². The zero-order valence-electron chi connectivity index (χ0n) is 28.5. The third-order valence-electron chi connectivity index (χ3n) is 10.3. The number of fused-ring (bicyclic) bond motifs is 6. The minimum absolute atomic E-state index is 1.10. The van der Waals surface area contributed by atoms with Gasteiger partial charge in [0.2, 0.25) is 0 Å². The molecule has 0 atom stereocenters. The fraction of sp³-hybridized carbons (Fsp3) is 0. The van der Waals surface area contributed by atoms with Gasteiger partial charge < -0.3 is 9.47 Å². The van der Waals surface area contributed by atoms with Gasteiger partial charge in [-0.2, -0.15) is 0 Å². The molecule has 10 aromatic rings. The molecule has 0 unspecified atom stereocenters. The Labute approximate surface area is 303 Å². The molecular weight excluding hydrogens is 629 g/mol. The van der Waals surface area contributed by atoms with Crippen LogP contribution in [0.25, 0.3) is 71.3 Å². The van der Waals surface area contributed by atoms with Gasteiger partial charge in [0.05, 0.1) is 11.0 Å².